The Morgan fingerprint density at radius 2 is 2.05 bits per heavy atom. The fourth-order valence-corrected chi connectivity index (χ4v) is 3.51. The number of rotatable bonds is 2. The van der Waals surface area contributed by atoms with Gasteiger partial charge >= 0.3 is 0 Å². The van der Waals surface area contributed by atoms with Crippen LogP contribution in [-0.4, -0.2) is 14.6 Å². The van der Waals surface area contributed by atoms with Crippen molar-refractivity contribution in [1.29, 1.82) is 0 Å². The highest BCUT2D eigenvalue weighted by Crippen LogP contribution is 2.28. The van der Waals surface area contributed by atoms with Crippen LogP contribution in [0.25, 0.3) is 5.65 Å². The molecule has 1 unspecified atom stereocenters. The predicted molar refractivity (Wildman–Crippen MR) is 83.4 cm³/mol. The van der Waals surface area contributed by atoms with Gasteiger partial charge in [0.25, 0.3) is 0 Å². The molecule has 0 bridgehead atoms. The van der Waals surface area contributed by atoms with Crippen LogP contribution in [0.15, 0.2) is 42.6 Å². The summed E-state index contributed by atoms with van der Waals surface area (Å²) in [6.07, 6.45) is 6.56. The van der Waals surface area contributed by atoms with Crippen molar-refractivity contribution in [3.8, 4) is 0 Å². The van der Waals surface area contributed by atoms with Gasteiger partial charge in [-0.05, 0) is 55.7 Å². The van der Waals surface area contributed by atoms with E-state index < -0.39 is 0 Å². The number of hydrogen-bond donors (Lipinski definition) is 0. The Morgan fingerprint density at radius 1 is 1.19 bits per heavy atom. The summed E-state index contributed by atoms with van der Waals surface area (Å²) in [5.41, 5.74) is 6.38. The molecule has 3 nitrogen and oxygen atoms in total. The number of fused-ring (bicyclic) bond motifs is 2. The third-order valence-corrected chi connectivity index (χ3v) is 4.51. The summed E-state index contributed by atoms with van der Waals surface area (Å²) in [6, 6.07) is 13.0. The molecular weight excluding hydrogens is 258 g/mol. The van der Waals surface area contributed by atoms with Gasteiger partial charge in [0.15, 0.2) is 5.65 Å². The second-order valence-corrected chi connectivity index (χ2v) is 6.07. The molecule has 2 aromatic heterocycles. The zero-order valence-corrected chi connectivity index (χ0v) is 12.3. The predicted octanol–water partition coefficient (Wildman–Crippen LogP) is 3.39. The van der Waals surface area contributed by atoms with Gasteiger partial charge in [0.05, 0.1) is 6.20 Å². The summed E-state index contributed by atoms with van der Waals surface area (Å²) in [4.78, 5) is 4.53. The first-order valence-corrected chi connectivity index (χ1v) is 7.66. The molecule has 0 N–H and O–H groups in total. The molecule has 21 heavy (non-hydrogen) atoms. The number of nitrogens with zero attached hydrogens (tertiary/aromatic N) is 3. The largest absolute Gasteiger partial charge is 0.234 e. The minimum Gasteiger partial charge on any atom is -0.234 e. The Kier molecular flexibility index (Phi) is 2.99. The molecule has 0 amide bonds. The van der Waals surface area contributed by atoms with E-state index in [2.05, 4.69) is 47.3 Å². The molecule has 0 radical (unpaired) electrons. The molecule has 1 aliphatic carbocycles. The van der Waals surface area contributed by atoms with E-state index >= 15 is 0 Å². The van der Waals surface area contributed by atoms with Crippen LogP contribution in [0.3, 0.4) is 0 Å². The molecule has 0 fully saturated rings. The van der Waals surface area contributed by atoms with Crippen molar-refractivity contribution < 1.29 is 0 Å². The highest BCUT2D eigenvalue weighted by Gasteiger charge is 2.20. The smallest absolute Gasteiger partial charge is 0.155 e. The third kappa shape index (κ3) is 2.33. The van der Waals surface area contributed by atoms with Gasteiger partial charge in [-0.25, -0.2) is 9.50 Å². The summed E-state index contributed by atoms with van der Waals surface area (Å²) < 4.78 is 1.99. The maximum absolute atomic E-state index is 4.53. The van der Waals surface area contributed by atoms with Crippen LogP contribution in [0.4, 0.5) is 0 Å². The normalized spacial score (nSPS) is 17.9. The van der Waals surface area contributed by atoms with Crippen LogP contribution in [0.1, 0.15) is 28.9 Å². The van der Waals surface area contributed by atoms with Crippen molar-refractivity contribution in [2.24, 2.45) is 5.92 Å². The van der Waals surface area contributed by atoms with E-state index in [9.17, 15) is 0 Å². The molecule has 3 heteroatoms. The van der Waals surface area contributed by atoms with Crippen molar-refractivity contribution in [2.45, 2.75) is 32.6 Å². The first-order chi connectivity index (χ1) is 10.3. The van der Waals surface area contributed by atoms with E-state index in [-0.39, 0.29) is 0 Å². The zero-order valence-electron chi connectivity index (χ0n) is 12.3. The molecule has 1 atom stereocenters. The average molecular weight is 277 g/mol. The summed E-state index contributed by atoms with van der Waals surface area (Å²) in [6.45, 7) is 2.06. The Balaban J connectivity index is 1.63. The Labute approximate surface area is 124 Å². The van der Waals surface area contributed by atoms with Gasteiger partial charge in [0, 0.05) is 17.5 Å². The van der Waals surface area contributed by atoms with Crippen molar-refractivity contribution in [3.63, 3.8) is 0 Å². The lowest BCUT2D eigenvalue weighted by atomic mass is 9.81. The zero-order chi connectivity index (χ0) is 14.2. The van der Waals surface area contributed by atoms with Crippen LogP contribution in [0, 0.1) is 12.8 Å². The Morgan fingerprint density at radius 3 is 2.95 bits per heavy atom. The molecule has 0 aliphatic heterocycles. The van der Waals surface area contributed by atoms with Crippen molar-refractivity contribution in [3.05, 3.63) is 65.1 Å². The summed E-state index contributed by atoms with van der Waals surface area (Å²) >= 11 is 0. The van der Waals surface area contributed by atoms with Crippen LogP contribution in [0.5, 0.6) is 0 Å². The molecule has 1 aliphatic rings. The summed E-state index contributed by atoms with van der Waals surface area (Å²) in [5.74, 6) is 0.703. The topological polar surface area (TPSA) is 30.2 Å². The third-order valence-electron chi connectivity index (χ3n) is 4.51. The first kappa shape index (κ1) is 12.6. The highest BCUT2D eigenvalue weighted by molar-refractivity contribution is 5.39. The fraction of sp³-hybridized carbons (Fsp3) is 0.333. The lowest BCUT2D eigenvalue weighted by Gasteiger charge is -2.24. The Hall–Kier alpha value is -2.16. The first-order valence-electron chi connectivity index (χ1n) is 7.66. The average Bonchev–Trinajstić information content (AvgIpc) is 2.95. The van der Waals surface area contributed by atoms with E-state index in [0.717, 1.165) is 17.8 Å². The second-order valence-electron chi connectivity index (χ2n) is 6.07. The summed E-state index contributed by atoms with van der Waals surface area (Å²) in [5, 5.41) is 4.42. The maximum atomic E-state index is 4.53. The van der Waals surface area contributed by atoms with Gasteiger partial charge in [-0.1, -0.05) is 24.3 Å². The monoisotopic (exact) mass is 277 g/mol. The number of aromatic nitrogens is 3. The Bertz CT molecular complexity index is 788. The van der Waals surface area contributed by atoms with E-state index in [1.165, 1.54) is 36.1 Å². The number of aryl methyl sites for hydroxylation is 2. The molecule has 106 valence electrons. The van der Waals surface area contributed by atoms with Gasteiger partial charge in [0.1, 0.15) is 0 Å². The fourth-order valence-electron chi connectivity index (χ4n) is 3.51. The van der Waals surface area contributed by atoms with Gasteiger partial charge < -0.3 is 0 Å². The molecule has 0 saturated heterocycles. The van der Waals surface area contributed by atoms with E-state index in [1.807, 2.05) is 16.8 Å². The molecular formula is C18H19N3. The minimum absolute atomic E-state index is 0.703. The summed E-state index contributed by atoms with van der Waals surface area (Å²) in [7, 11) is 0. The maximum Gasteiger partial charge on any atom is 0.155 e. The number of benzene rings is 1. The van der Waals surface area contributed by atoms with Crippen LogP contribution >= 0.6 is 0 Å². The molecule has 1 aromatic carbocycles. The molecule has 0 saturated carbocycles. The lowest BCUT2D eigenvalue weighted by Crippen LogP contribution is -2.18. The molecule has 4 rings (SSSR count). The van der Waals surface area contributed by atoms with Gasteiger partial charge in [-0.15, -0.1) is 0 Å². The quantitative estimate of drug-likeness (QED) is 0.719. The standard InChI is InChI=1S/C18H19N3/c1-13-10-17(21-18(20-13)8-9-19-21)12-14-6-7-15-4-2-3-5-16(15)11-14/h2-5,8-10,14H,6-7,11-12H2,1H3. The second kappa shape index (κ2) is 4.99. The van der Waals surface area contributed by atoms with Crippen LogP contribution in [-0.2, 0) is 19.3 Å². The van der Waals surface area contributed by atoms with Gasteiger partial charge in [-0.2, -0.15) is 5.10 Å². The SMILES string of the molecule is Cc1cc(CC2CCc3ccccc3C2)n2nccc2n1. The van der Waals surface area contributed by atoms with E-state index in [0.29, 0.717) is 5.92 Å². The van der Waals surface area contributed by atoms with E-state index in [4.69, 9.17) is 0 Å². The van der Waals surface area contributed by atoms with Crippen LogP contribution in [0.2, 0.25) is 0 Å². The van der Waals surface area contributed by atoms with Crippen molar-refractivity contribution in [1.82, 2.24) is 14.6 Å². The molecule has 0 spiro atoms. The van der Waals surface area contributed by atoms with Crippen LogP contribution < -0.4 is 0 Å². The van der Waals surface area contributed by atoms with Gasteiger partial charge in [-0.3, -0.25) is 0 Å². The minimum atomic E-state index is 0.703. The molecule has 2 heterocycles. The van der Waals surface area contributed by atoms with Crippen molar-refractivity contribution >= 4 is 5.65 Å². The lowest BCUT2D eigenvalue weighted by molar-refractivity contribution is 0.447. The number of hydrogen-bond acceptors (Lipinski definition) is 2. The van der Waals surface area contributed by atoms with Gasteiger partial charge in [0.2, 0.25) is 0 Å². The highest BCUT2D eigenvalue weighted by atomic mass is 15.2. The van der Waals surface area contributed by atoms with E-state index in [1.54, 1.807) is 0 Å². The van der Waals surface area contributed by atoms with Crippen molar-refractivity contribution in [2.75, 3.05) is 0 Å². The molecule has 3 aromatic rings.